The molecular weight excluding hydrogens is 478 g/mol. The number of nitrogens with zero attached hydrogens (tertiary/aromatic N) is 6. The lowest BCUT2D eigenvalue weighted by molar-refractivity contribution is -0.132. The highest BCUT2D eigenvalue weighted by molar-refractivity contribution is 6.33. The molecule has 0 radical (unpaired) electrons. The van der Waals surface area contributed by atoms with E-state index in [9.17, 15) is 9.59 Å². The second-order valence-electron chi connectivity index (χ2n) is 9.00. The second kappa shape index (κ2) is 9.75. The van der Waals surface area contributed by atoms with Gasteiger partial charge in [0.1, 0.15) is 18.0 Å². The predicted octanol–water partition coefficient (Wildman–Crippen LogP) is 3.14. The lowest BCUT2D eigenvalue weighted by Crippen LogP contribution is -2.43. The summed E-state index contributed by atoms with van der Waals surface area (Å²) in [6.07, 6.45) is 6.77. The maximum absolute atomic E-state index is 13.8. The fourth-order valence-corrected chi connectivity index (χ4v) is 5.00. The molecule has 1 fully saturated rings. The maximum atomic E-state index is 13.8. The number of carbonyl (C=O) groups is 1. The van der Waals surface area contributed by atoms with Crippen molar-refractivity contribution in [3.05, 3.63) is 69.8 Å². The Kier molecular flexibility index (Phi) is 6.51. The van der Waals surface area contributed by atoms with Crippen molar-refractivity contribution in [1.82, 2.24) is 29.4 Å². The van der Waals surface area contributed by atoms with Crippen molar-refractivity contribution in [3.63, 3.8) is 0 Å². The molecule has 1 aliphatic rings. The van der Waals surface area contributed by atoms with Crippen LogP contribution >= 0.6 is 11.6 Å². The van der Waals surface area contributed by atoms with Crippen molar-refractivity contribution in [2.45, 2.75) is 39.3 Å². The van der Waals surface area contributed by atoms with Gasteiger partial charge in [0, 0.05) is 58.6 Å². The minimum atomic E-state index is -0.345. The largest absolute Gasteiger partial charge is 0.337 e. The predicted molar refractivity (Wildman–Crippen MR) is 139 cm³/mol. The van der Waals surface area contributed by atoms with Crippen molar-refractivity contribution in [1.29, 1.82) is 0 Å². The fraction of sp³-hybridized carbons (Fsp3) is 0.308. The third-order valence-electron chi connectivity index (χ3n) is 6.52. The molecule has 0 aliphatic carbocycles. The zero-order valence-corrected chi connectivity index (χ0v) is 20.9. The van der Waals surface area contributed by atoms with Crippen molar-refractivity contribution >= 4 is 28.5 Å². The number of nitrogens with two attached hydrogens (primary N) is 1. The molecular formula is C26H26ClN7O2. The number of carbonyl (C=O) groups excluding carboxylic acids is 1. The van der Waals surface area contributed by atoms with E-state index < -0.39 is 0 Å². The first-order valence-electron chi connectivity index (χ1n) is 11.8. The van der Waals surface area contributed by atoms with Crippen molar-refractivity contribution in [2.75, 3.05) is 13.1 Å². The van der Waals surface area contributed by atoms with E-state index in [0.717, 1.165) is 24.1 Å². The summed E-state index contributed by atoms with van der Waals surface area (Å²) in [6.45, 7) is 4.52. The number of amides is 1. The van der Waals surface area contributed by atoms with E-state index in [0.29, 0.717) is 51.8 Å². The zero-order chi connectivity index (χ0) is 25.4. The minimum Gasteiger partial charge on any atom is -0.337 e. The molecule has 5 rings (SSSR count). The van der Waals surface area contributed by atoms with Crippen LogP contribution in [0.1, 0.15) is 24.4 Å². The van der Waals surface area contributed by atoms with Crippen LogP contribution in [0.25, 0.3) is 33.4 Å². The van der Waals surface area contributed by atoms with Crippen LogP contribution in [0.15, 0.2) is 47.7 Å². The number of likely N-dealkylation sites (tertiary alicyclic amines) is 1. The smallest absolute Gasteiger partial charge is 0.260 e. The van der Waals surface area contributed by atoms with Gasteiger partial charge < -0.3 is 10.6 Å². The number of halogens is 1. The van der Waals surface area contributed by atoms with E-state index >= 15 is 0 Å². The Morgan fingerprint density at radius 3 is 2.72 bits per heavy atom. The Morgan fingerprint density at radius 2 is 1.97 bits per heavy atom. The number of aryl methyl sites for hydroxylation is 2. The number of aromatic nitrogens is 5. The van der Waals surface area contributed by atoms with E-state index in [1.165, 1.54) is 4.57 Å². The molecule has 4 heterocycles. The number of pyridine rings is 1. The van der Waals surface area contributed by atoms with Crippen LogP contribution < -0.4 is 11.3 Å². The van der Waals surface area contributed by atoms with Gasteiger partial charge in [-0.1, -0.05) is 23.7 Å². The molecule has 0 spiro atoms. The number of hydrogen-bond donors (Lipinski definition) is 1. The number of fused-ring (bicyclic) bond motifs is 1. The Bertz CT molecular complexity index is 1540. The number of hydrogen-bond acceptors (Lipinski definition) is 7. The third-order valence-corrected chi connectivity index (χ3v) is 6.83. The normalized spacial score (nSPS) is 15.6. The van der Waals surface area contributed by atoms with E-state index in [-0.39, 0.29) is 24.1 Å². The number of rotatable bonds is 5. The van der Waals surface area contributed by atoms with Gasteiger partial charge in [-0.2, -0.15) is 0 Å². The van der Waals surface area contributed by atoms with Crippen LogP contribution in [0, 0.1) is 13.8 Å². The summed E-state index contributed by atoms with van der Waals surface area (Å²) in [5.41, 5.74) is 9.12. The molecule has 184 valence electrons. The van der Waals surface area contributed by atoms with Crippen molar-refractivity contribution in [2.24, 2.45) is 5.73 Å². The average molecular weight is 504 g/mol. The summed E-state index contributed by atoms with van der Waals surface area (Å²) in [6, 6.07) is 7.12. The molecule has 2 N–H and O–H groups in total. The molecule has 10 heteroatoms. The maximum Gasteiger partial charge on any atom is 0.260 e. The van der Waals surface area contributed by atoms with Crippen molar-refractivity contribution in [3.8, 4) is 22.4 Å². The highest BCUT2D eigenvalue weighted by atomic mass is 35.5. The second-order valence-corrected chi connectivity index (χ2v) is 9.41. The highest BCUT2D eigenvalue weighted by Gasteiger charge is 2.28. The molecule has 36 heavy (non-hydrogen) atoms. The topological polar surface area (TPSA) is 120 Å². The third kappa shape index (κ3) is 4.47. The summed E-state index contributed by atoms with van der Waals surface area (Å²) in [5, 5.41) is 1.03. The first-order chi connectivity index (χ1) is 17.4. The Hall–Kier alpha value is -3.69. The van der Waals surface area contributed by atoms with Gasteiger partial charge in [-0.15, -0.1) is 0 Å². The fourth-order valence-electron chi connectivity index (χ4n) is 4.71. The van der Waals surface area contributed by atoms with Crippen LogP contribution in [0.5, 0.6) is 0 Å². The first kappa shape index (κ1) is 24.0. The van der Waals surface area contributed by atoms with E-state index in [2.05, 4.69) is 19.9 Å². The van der Waals surface area contributed by atoms with Gasteiger partial charge in [0.25, 0.3) is 5.56 Å². The van der Waals surface area contributed by atoms with Crippen LogP contribution in [0.4, 0.5) is 0 Å². The van der Waals surface area contributed by atoms with Gasteiger partial charge in [0.15, 0.2) is 0 Å². The van der Waals surface area contributed by atoms with Crippen LogP contribution in [-0.4, -0.2) is 54.4 Å². The Morgan fingerprint density at radius 1 is 1.14 bits per heavy atom. The zero-order valence-electron chi connectivity index (χ0n) is 20.1. The van der Waals surface area contributed by atoms with Gasteiger partial charge in [-0.25, -0.2) is 15.0 Å². The van der Waals surface area contributed by atoms with Gasteiger partial charge in [-0.3, -0.25) is 19.1 Å². The van der Waals surface area contributed by atoms with Crippen LogP contribution in [0.3, 0.4) is 0 Å². The first-order valence-corrected chi connectivity index (χ1v) is 12.2. The molecule has 3 aromatic heterocycles. The van der Waals surface area contributed by atoms with E-state index in [1.54, 1.807) is 48.6 Å². The summed E-state index contributed by atoms with van der Waals surface area (Å²) in [4.78, 5) is 46.2. The highest BCUT2D eigenvalue weighted by Crippen LogP contribution is 2.31. The summed E-state index contributed by atoms with van der Waals surface area (Å²) in [5.74, 6) is 0.359. The SMILES string of the molecule is Cc1cncc(-c2ccc(-c3cc4cnc(C)nc4n(CC(=O)N4CCC[C@@H]4CN)c3=O)c(Cl)c2)n1. The molecule has 1 aromatic carbocycles. The van der Waals surface area contributed by atoms with Gasteiger partial charge in [0.05, 0.1) is 17.6 Å². The average Bonchev–Trinajstić information content (AvgIpc) is 3.35. The lowest BCUT2D eigenvalue weighted by Gasteiger charge is -2.24. The molecule has 1 saturated heterocycles. The van der Waals surface area contributed by atoms with Crippen molar-refractivity contribution < 1.29 is 4.79 Å². The summed E-state index contributed by atoms with van der Waals surface area (Å²) in [7, 11) is 0. The lowest BCUT2D eigenvalue weighted by atomic mass is 10.0. The molecule has 9 nitrogen and oxygen atoms in total. The Balaban J connectivity index is 1.61. The van der Waals surface area contributed by atoms with Gasteiger partial charge in [0.2, 0.25) is 5.91 Å². The van der Waals surface area contributed by atoms with E-state index in [1.807, 2.05) is 13.0 Å². The quantitative estimate of drug-likeness (QED) is 0.444. The van der Waals surface area contributed by atoms with Gasteiger partial charge in [-0.05, 0) is 38.8 Å². The molecule has 1 amide bonds. The number of benzene rings is 1. The van der Waals surface area contributed by atoms with Crippen LogP contribution in [0.2, 0.25) is 5.02 Å². The van der Waals surface area contributed by atoms with Crippen LogP contribution in [-0.2, 0) is 11.3 Å². The molecule has 1 atom stereocenters. The standard InChI is InChI=1S/C26H26ClN7O2/c1-15-11-29-13-23(31-15)17-5-6-20(22(27)9-17)21-8-18-12-30-16(2)32-25(18)34(26(21)36)14-24(35)33-7-3-4-19(33)10-28/h5-6,8-9,11-13,19H,3-4,7,10,14,28H2,1-2H3/t19-/m1/s1. The summed E-state index contributed by atoms with van der Waals surface area (Å²) < 4.78 is 1.42. The summed E-state index contributed by atoms with van der Waals surface area (Å²) >= 11 is 6.68. The van der Waals surface area contributed by atoms with E-state index in [4.69, 9.17) is 17.3 Å². The van der Waals surface area contributed by atoms with Gasteiger partial charge >= 0.3 is 0 Å². The molecule has 0 saturated carbocycles. The minimum absolute atomic E-state index is 0.00859. The molecule has 0 bridgehead atoms. The Labute approximate surface area is 213 Å². The molecule has 0 unspecified atom stereocenters. The molecule has 1 aliphatic heterocycles. The monoisotopic (exact) mass is 503 g/mol. The molecule has 4 aromatic rings.